The highest BCUT2D eigenvalue weighted by Crippen LogP contribution is 2.29. The van der Waals surface area contributed by atoms with Crippen LogP contribution < -0.4 is 14.8 Å². The van der Waals surface area contributed by atoms with Crippen LogP contribution >= 0.6 is 15.9 Å². The number of rotatable bonds is 13. The Morgan fingerprint density at radius 3 is 2.18 bits per heavy atom. The molecule has 2 aromatic rings. The van der Waals surface area contributed by atoms with Gasteiger partial charge in [-0.1, -0.05) is 48.0 Å². The van der Waals surface area contributed by atoms with Gasteiger partial charge in [0, 0.05) is 24.0 Å². The zero-order valence-corrected chi connectivity index (χ0v) is 22.5. The summed E-state index contributed by atoms with van der Waals surface area (Å²) in [5, 5.41) is 2.95. The Balaban J connectivity index is 2.16. The summed E-state index contributed by atoms with van der Waals surface area (Å²) in [6.45, 7) is 11.8. The van der Waals surface area contributed by atoms with Gasteiger partial charge in [0.05, 0.1) is 13.2 Å². The van der Waals surface area contributed by atoms with Crippen LogP contribution in [0.3, 0.4) is 0 Å². The molecule has 7 heteroatoms. The molecule has 0 aliphatic carbocycles. The summed E-state index contributed by atoms with van der Waals surface area (Å²) in [6, 6.07) is 13.0. The maximum Gasteiger partial charge on any atom is 0.242 e. The lowest BCUT2D eigenvalue weighted by Crippen LogP contribution is -2.48. The summed E-state index contributed by atoms with van der Waals surface area (Å²) < 4.78 is 12.3. The smallest absolute Gasteiger partial charge is 0.242 e. The van der Waals surface area contributed by atoms with Gasteiger partial charge in [-0.05, 0) is 68.5 Å². The molecule has 34 heavy (non-hydrogen) atoms. The summed E-state index contributed by atoms with van der Waals surface area (Å²) in [6.07, 6.45) is 0.834. The molecular formula is C27H37BrN2O4. The first-order valence-corrected chi connectivity index (χ1v) is 12.7. The van der Waals surface area contributed by atoms with Crippen LogP contribution in [0.5, 0.6) is 11.5 Å². The monoisotopic (exact) mass is 532 g/mol. The predicted octanol–water partition coefficient (Wildman–Crippen LogP) is 5.37. The van der Waals surface area contributed by atoms with Gasteiger partial charge in [-0.3, -0.25) is 9.59 Å². The van der Waals surface area contributed by atoms with Crippen molar-refractivity contribution in [2.24, 2.45) is 5.92 Å². The molecule has 0 bridgehead atoms. The average molecular weight is 534 g/mol. The van der Waals surface area contributed by atoms with Crippen LogP contribution in [-0.4, -0.2) is 42.5 Å². The van der Waals surface area contributed by atoms with Crippen LogP contribution in [0.4, 0.5) is 0 Å². The van der Waals surface area contributed by atoms with Gasteiger partial charge in [-0.25, -0.2) is 0 Å². The number of halogens is 1. The fourth-order valence-electron chi connectivity index (χ4n) is 3.47. The third kappa shape index (κ3) is 8.67. The van der Waals surface area contributed by atoms with Gasteiger partial charge in [-0.2, -0.15) is 0 Å². The quantitative estimate of drug-likeness (QED) is 0.376. The molecular weight excluding hydrogens is 496 g/mol. The molecule has 0 aliphatic heterocycles. The Bertz CT molecular complexity index is 931. The molecule has 186 valence electrons. The van der Waals surface area contributed by atoms with Crippen LogP contribution in [0.25, 0.3) is 0 Å². The van der Waals surface area contributed by atoms with Crippen molar-refractivity contribution < 1.29 is 19.1 Å². The third-order valence-electron chi connectivity index (χ3n) is 5.35. The van der Waals surface area contributed by atoms with E-state index < -0.39 is 6.04 Å². The Morgan fingerprint density at radius 1 is 0.941 bits per heavy atom. The zero-order chi connectivity index (χ0) is 25.1. The van der Waals surface area contributed by atoms with Crippen molar-refractivity contribution in [1.82, 2.24) is 10.2 Å². The van der Waals surface area contributed by atoms with Gasteiger partial charge < -0.3 is 19.7 Å². The van der Waals surface area contributed by atoms with Gasteiger partial charge >= 0.3 is 0 Å². The number of carbonyl (C=O) groups excluding carboxylic acids is 2. The number of aryl methyl sites for hydroxylation is 1. The fourth-order valence-corrected chi connectivity index (χ4v) is 3.73. The van der Waals surface area contributed by atoms with E-state index >= 15 is 0 Å². The SMILES string of the molecule is CCOc1ccc(CCC(=O)N(Cc2ccc(Br)cc2)[C@@H](C)C(=O)NCC(C)C)cc1OCC. The highest BCUT2D eigenvalue weighted by atomic mass is 79.9. The zero-order valence-electron chi connectivity index (χ0n) is 20.9. The van der Waals surface area contributed by atoms with Crippen molar-refractivity contribution in [3.8, 4) is 11.5 Å². The second-order valence-electron chi connectivity index (χ2n) is 8.61. The number of amides is 2. The van der Waals surface area contributed by atoms with E-state index in [0.29, 0.717) is 50.1 Å². The van der Waals surface area contributed by atoms with Gasteiger partial charge in [0.2, 0.25) is 11.8 Å². The molecule has 1 N–H and O–H groups in total. The molecule has 0 spiro atoms. The van der Waals surface area contributed by atoms with E-state index in [4.69, 9.17) is 9.47 Å². The molecule has 6 nitrogen and oxygen atoms in total. The third-order valence-corrected chi connectivity index (χ3v) is 5.88. The Hall–Kier alpha value is -2.54. The lowest BCUT2D eigenvalue weighted by Gasteiger charge is -2.29. The van der Waals surface area contributed by atoms with E-state index in [1.807, 2.05) is 70.2 Å². The lowest BCUT2D eigenvalue weighted by molar-refractivity contribution is -0.140. The van der Waals surface area contributed by atoms with Gasteiger partial charge in [0.1, 0.15) is 6.04 Å². The van der Waals surface area contributed by atoms with E-state index in [1.165, 1.54) is 0 Å². The largest absolute Gasteiger partial charge is 0.490 e. The van der Waals surface area contributed by atoms with E-state index in [1.54, 1.807) is 11.8 Å². The topological polar surface area (TPSA) is 67.9 Å². The van der Waals surface area contributed by atoms with Crippen molar-refractivity contribution in [3.05, 3.63) is 58.1 Å². The van der Waals surface area contributed by atoms with Crippen LogP contribution in [-0.2, 0) is 22.6 Å². The minimum atomic E-state index is -0.575. The van der Waals surface area contributed by atoms with Crippen molar-refractivity contribution in [2.45, 2.75) is 60.0 Å². The van der Waals surface area contributed by atoms with E-state index in [2.05, 4.69) is 21.2 Å². The predicted molar refractivity (Wildman–Crippen MR) is 139 cm³/mol. The lowest BCUT2D eigenvalue weighted by atomic mass is 10.1. The molecule has 0 unspecified atom stereocenters. The molecule has 0 aromatic heterocycles. The Labute approximate surface area is 212 Å². The minimum absolute atomic E-state index is 0.0676. The van der Waals surface area contributed by atoms with E-state index in [0.717, 1.165) is 15.6 Å². The number of ether oxygens (including phenoxy) is 2. The highest BCUT2D eigenvalue weighted by Gasteiger charge is 2.26. The number of nitrogens with zero attached hydrogens (tertiary/aromatic N) is 1. The van der Waals surface area contributed by atoms with Crippen LogP contribution in [0.1, 0.15) is 52.2 Å². The molecule has 1 atom stereocenters. The maximum absolute atomic E-state index is 13.3. The van der Waals surface area contributed by atoms with E-state index in [9.17, 15) is 9.59 Å². The molecule has 0 saturated carbocycles. The van der Waals surface area contributed by atoms with Crippen molar-refractivity contribution in [1.29, 1.82) is 0 Å². The molecule has 2 aromatic carbocycles. The summed E-state index contributed by atoms with van der Waals surface area (Å²) in [7, 11) is 0. The average Bonchev–Trinajstić information content (AvgIpc) is 2.81. The minimum Gasteiger partial charge on any atom is -0.490 e. The summed E-state index contributed by atoms with van der Waals surface area (Å²) in [5.41, 5.74) is 1.96. The first-order valence-electron chi connectivity index (χ1n) is 11.9. The highest BCUT2D eigenvalue weighted by molar-refractivity contribution is 9.10. The van der Waals surface area contributed by atoms with Gasteiger partial charge in [0.25, 0.3) is 0 Å². The standard InChI is InChI=1S/C27H37BrN2O4/c1-6-33-24-14-10-21(16-25(24)34-7-2)11-15-26(31)30(18-22-8-12-23(28)13-9-22)20(5)27(32)29-17-19(3)4/h8-10,12-14,16,19-20H,6-7,11,15,17-18H2,1-5H3,(H,29,32)/t20-/m0/s1. The first-order chi connectivity index (χ1) is 16.2. The summed E-state index contributed by atoms with van der Waals surface area (Å²) >= 11 is 3.45. The van der Waals surface area contributed by atoms with E-state index in [-0.39, 0.29) is 18.2 Å². The fraction of sp³-hybridized carbons (Fsp3) is 0.481. The van der Waals surface area contributed by atoms with Crippen LogP contribution in [0, 0.1) is 5.92 Å². The number of benzene rings is 2. The van der Waals surface area contributed by atoms with Crippen molar-refractivity contribution >= 4 is 27.7 Å². The second kappa shape index (κ2) is 14.0. The number of nitrogens with one attached hydrogen (secondary N) is 1. The first kappa shape index (κ1) is 27.7. The van der Waals surface area contributed by atoms with Crippen molar-refractivity contribution in [2.75, 3.05) is 19.8 Å². The van der Waals surface area contributed by atoms with Gasteiger partial charge in [0.15, 0.2) is 11.5 Å². The molecule has 0 fully saturated rings. The summed E-state index contributed by atoms with van der Waals surface area (Å²) in [5.74, 6) is 1.51. The van der Waals surface area contributed by atoms with Crippen LogP contribution in [0.2, 0.25) is 0 Å². The number of carbonyl (C=O) groups is 2. The van der Waals surface area contributed by atoms with Crippen molar-refractivity contribution in [3.63, 3.8) is 0 Å². The summed E-state index contributed by atoms with van der Waals surface area (Å²) in [4.78, 5) is 27.8. The van der Waals surface area contributed by atoms with Crippen LogP contribution in [0.15, 0.2) is 46.9 Å². The normalized spacial score (nSPS) is 11.7. The second-order valence-corrected chi connectivity index (χ2v) is 9.53. The molecule has 0 saturated heterocycles. The molecule has 0 aliphatic rings. The molecule has 0 heterocycles. The molecule has 2 rings (SSSR count). The Morgan fingerprint density at radius 2 is 1.56 bits per heavy atom. The van der Waals surface area contributed by atoms with Gasteiger partial charge in [-0.15, -0.1) is 0 Å². The number of hydrogen-bond acceptors (Lipinski definition) is 4. The maximum atomic E-state index is 13.3. The Kier molecular flexibility index (Phi) is 11.4. The molecule has 2 amide bonds. The number of hydrogen-bond donors (Lipinski definition) is 1. The molecule has 0 radical (unpaired) electrons.